The summed E-state index contributed by atoms with van der Waals surface area (Å²) in [6.07, 6.45) is 2.64. The number of hydrogen-bond acceptors (Lipinski definition) is 8. The fourth-order valence-electron chi connectivity index (χ4n) is 5.67. The Morgan fingerprint density at radius 1 is 0.878 bits per heavy atom. The van der Waals surface area contributed by atoms with Crippen LogP contribution in [0.4, 0.5) is 5.69 Å². The molecule has 3 aromatic carbocycles. The number of amides is 2. The van der Waals surface area contributed by atoms with E-state index in [1.807, 2.05) is 74.5 Å². The Bertz CT molecular complexity index is 1700. The number of benzene rings is 3. The molecule has 0 fully saturated rings. The number of carbonyl (C=O) groups excluding carboxylic acids is 2. The Balaban J connectivity index is 1.49. The number of pyridine rings is 1. The number of nitrogens with two attached hydrogens (primary N) is 1. The van der Waals surface area contributed by atoms with Gasteiger partial charge in [-0.3, -0.25) is 9.59 Å². The molecule has 0 saturated carbocycles. The van der Waals surface area contributed by atoms with Gasteiger partial charge in [-0.1, -0.05) is 80.9 Å². The average molecular weight is 688 g/mol. The van der Waals surface area contributed by atoms with Crippen molar-refractivity contribution in [1.29, 1.82) is 0 Å². The largest absolute Gasteiger partial charge is 0.493 e. The summed E-state index contributed by atoms with van der Waals surface area (Å²) in [6, 6.07) is 25.9. The Kier molecular flexibility index (Phi) is 13.3. The second-order valence-corrected chi connectivity index (χ2v) is 14.2. The van der Waals surface area contributed by atoms with E-state index in [0.29, 0.717) is 24.9 Å². The van der Waals surface area contributed by atoms with Crippen LogP contribution < -0.4 is 16.4 Å². The van der Waals surface area contributed by atoms with E-state index in [0.717, 1.165) is 11.1 Å². The van der Waals surface area contributed by atoms with Crippen molar-refractivity contribution in [3.63, 3.8) is 0 Å². The molecule has 49 heavy (non-hydrogen) atoms. The van der Waals surface area contributed by atoms with Crippen LogP contribution in [0.3, 0.4) is 0 Å². The molecule has 260 valence electrons. The zero-order valence-electron chi connectivity index (χ0n) is 27.8. The monoisotopic (exact) mass is 687 g/mol. The highest BCUT2D eigenvalue weighted by molar-refractivity contribution is 7.89. The lowest BCUT2D eigenvalue weighted by Gasteiger charge is -2.31. The maximum atomic E-state index is 13.9. The first-order valence-electron chi connectivity index (χ1n) is 16.3. The first kappa shape index (κ1) is 37.0. The van der Waals surface area contributed by atoms with E-state index in [1.54, 1.807) is 0 Å². The number of nitrogens with zero attached hydrogens (tertiary/aromatic N) is 2. The minimum Gasteiger partial charge on any atom is -0.493 e. The molecule has 11 nitrogen and oxygen atoms in total. The van der Waals surface area contributed by atoms with Crippen molar-refractivity contribution >= 4 is 27.5 Å². The normalized spacial score (nSPS) is 12.9. The molecule has 0 saturated heterocycles. The molecule has 1 aromatic heterocycles. The van der Waals surface area contributed by atoms with Crippen LogP contribution >= 0.6 is 0 Å². The molecule has 12 heteroatoms. The van der Waals surface area contributed by atoms with Crippen molar-refractivity contribution in [1.82, 2.24) is 19.9 Å². The van der Waals surface area contributed by atoms with Crippen LogP contribution in [-0.4, -0.2) is 71.5 Å². The highest BCUT2D eigenvalue weighted by atomic mass is 32.2. The molecule has 0 radical (unpaired) electrons. The molecule has 0 aliphatic carbocycles. The fourth-order valence-corrected chi connectivity index (χ4v) is 7.48. The van der Waals surface area contributed by atoms with Gasteiger partial charge in [-0.25, -0.2) is 13.4 Å². The summed E-state index contributed by atoms with van der Waals surface area (Å²) in [6.45, 7) is 3.97. The first-order valence-corrected chi connectivity index (χ1v) is 17.8. The van der Waals surface area contributed by atoms with Gasteiger partial charge >= 0.3 is 0 Å². The van der Waals surface area contributed by atoms with Crippen molar-refractivity contribution in [3.8, 4) is 5.88 Å². The third-order valence-electron chi connectivity index (χ3n) is 8.14. The third-order valence-corrected chi connectivity index (χ3v) is 10.1. The number of unbranched alkanes of at least 4 members (excludes halogenated alkanes) is 1. The Labute approximate surface area is 288 Å². The molecular weight excluding hydrogens is 643 g/mol. The molecule has 2 atom stereocenters. The van der Waals surface area contributed by atoms with Gasteiger partial charge in [0.2, 0.25) is 21.8 Å². The highest BCUT2D eigenvalue weighted by Gasteiger charge is 2.34. The van der Waals surface area contributed by atoms with Crippen molar-refractivity contribution in [2.75, 3.05) is 25.4 Å². The van der Waals surface area contributed by atoms with Crippen LogP contribution in [0.5, 0.6) is 5.88 Å². The van der Waals surface area contributed by atoms with E-state index >= 15 is 0 Å². The fraction of sp³-hybridized carbons (Fsp3) is 0.324. The molecule has 6 N–H and O–H groups in total. The number of sulfonamides is 1. The summed E-state index contributed by atoms with van der Waals surface area (Å²) in [5.41, 5.74) is 8.07. The molecule has 4 aromatic rings. The van der Waals surface area contributed by atoms with Crippen molar-refractivity contribution in [2.24, 2.45) is 5.92 Å². The summed E-state index contributed by atoms with van der Waals surface area (Å²) < 4.78 is 28.6. The summed E-state index contributed by atoms with van der Waals surface area (Å²) in [5, 5.41) is 25.8. The first-order chi connectivity index (χ1) is 23.5. The van der Waals surface area contributed by atoms with Gasteiger partial charge in [0.1, 0.15) is 6.04 Å². The van der Waals surface area contributed by atoms with Gasteiger partial charge in [0.25, 0.3) is 5.91 Å². The maximum absolute atomic E-state index is 13.9. The molecule has 1 heterocycles. The van der Waals surface area contributed by atoms with Gasteiger partial charge in [-0.2, -0.15) is 4.31 Å². The minimum absolute atomic E-state index is 0.0172. The zero-order chi connectivity index (χ0) is 35.4. The molecule has 0 bridgehead atoms. The molecule has 2 amide bonds. The average Bonchev–Trinajstić information content (AvgIpc) is 3.10. The predicted molar refractivity (Wildman–Crippen MR) is 189 cm³/mol. The third kappa shape index (κ3) is 10.1. The summed E-state index contributed by atoms with van der Waals surface area (Å²) in [4.78, 5) is 31.2. The number of nitrogen functional groups attached to an aromatic ring is 1. The lowest BCUT2D eigenvalue weighted by atomic mass is 9.84. The van der Waals surface area contributed by atoms with E-state index in [-0.39, 0.29) is 42.0 Å². The van der Waals surface area contributed by atoms with Crippen LogP contribution in [0.25, 0.3) is 0 Å². The van der Waals surface area contributed by atoms with Gasteiger partial charge in [0, 0.05) is 43.0 Å². The molecule has 4 rings (SSSR count). The molecular formula is C37H45N5O6S. The van der Waals surface area contributed by atoms with Crippen LogP contribution in [-0.2, 0) is 14.8 Å². The lowest BCUT2D eigenvalue weighted by Crippen LogP contribution is -2.50. The van der Waals surface area contributed by atoms with Crippen molar-refractivity contribution in [2.45, 2.75) is 56.0 Å². The standard InChI is InChI=1S/C37H45N5O6S/c1-26(2)24-42(49(47,48)32-19-17-30(38)18-20-32)31(25-43)15-9-10-22-39-37(46)35(41-36(45)29-16-21-33(44)40-23-29)34(27-11-5-3-6-12-27)28-13-7-4-8-14-28/h3-8,11-14,16-21,23,26,31,34-35,43H,9-10,15,22,24-25,38H2,1-2H3,(H,39,46)(H,40,44)(H,41,45). The number of aliphatic hydroxyl groups excluding tert-OH is 1. The second-order valence-electron chi connectivity index (χ2n) is 12.3. The quantitative estimate of drug-likeness (QED) is 0.0807. The van der Waals surface area contributed by atoms with Crippen molar-refractivity contribution < 1.29 is 28.2 Å². The SMILES string of the molecule is CC(C)CN(C(CO)CCCCNC(=O)C(NC(=O)c1ccc(O)nc1)C(c1ccccc1)c1ccccc1)S(=O)(=O)c1ccc(N)cc1. The number of rotatable bonds is 17. The summed E-state index contributed by atoms with van der Waals surface area (Å²) in [7, 11) is -3.90. The Morgan fingerprint density at radius 3 is 2.02 bits per heavy atom. The smallest absolute Gasteiger partial charge is 0.253 e. The van der Waals surface area contributed by atoms with Crippen LogP contribution in [0.1, 0.15) is 60.5 Å². The lowest BCUT2D eigenvalue weighted by molar-refractivity contribution is -0.123. The second kappa shape index (κ2) is 17.6. The highest BCUT2D eigenvalue weighted by Crippen LogP contribution is 2.29. The molecule has 0 aliphatic rings. The van der Waals surface area contributed by atoms with E-state index < -0.39 is 39.8 Å². The number of anilines is 1. The number of hydrogen-bond donors (Lipinski definition) is 5. The Hall–Kier alpha value is -4.78. The van der Waals surface area contributed by atoms with Crippen LogP contribution in [0.2, 0.25) is 0 Å². The predicted octanol–water partition coefficient (Wildman–Crippen LogP) is 4.29. The molecule has 0 aliphatic heterocycles. The molecule has 2 unspecified atom stereocenters. The van der Waals surface area contributed by atoms with Gasteiger partial charge in [0.15, 0.2) is 0 Å². The van der Waals surface area contributed by atoms with E-state index in [9.17, 15) is 28.2 Å². The van der Waals surface area contributed by atoms with Crippen LogP contribution in [0, 0.1) is 5.92 Å². The number of aromatic nitrogens is 1. The number of aliphatic hydroxyl groups is 1. The van der Waals surface area contributed by atoms with Crippen molar-refractivity contribution in [3.05, 3.63) is 120 Å². The number of nitrogens with one attached hydrogen (secondary N) is 2. The topological polar surface area (TPSA) is 175 Å². The van der Waals surface area contributed by atoms with Gasteiger partial charge in [-0.15, -0.1) is 0 Å². The summed E-state index contributed by atoms with van der Waals surface area (Å²) in [5.74, 6) is -1.66. The summed E-state index contributed by atoms with van der Waals surface area (Å²) >= 11 is 0. The number of carbonyl (C=O) groups is 2. The van der Waals surface area contributed by atoms with E-state index in [1.165, 1.54) is 46.9 Å². The molecule has 0 spiro atoms. The number of aromatic hydroxyl groups is 1. The van der Waals surface area contributed by atoms with Gasteiger partial charge in [-0.05, 0) is 60.2 Å². The van der Waals surface area contributed by atoms with E-state index in [4.69, 9.17) is 5.73 Å². The van der Waals surface area contributed by atoms with Crippen LogP contribution in [0.15, 0.2) is 108 Å². The van der Waals surface area contributed by atoms with Gasteiger partial charge < -0.3 is 26.6 Å². The Morgan fingerprint density at radius 2 is 1.49 bits per heavy atom. The van der Waals surface area contributed by atoms with E-state index in [2.05, 4.69) is 15.6 Å². The zero-order valence-corrected chi connectivity index (χ0v) is 28.6. The minimum atomic E-state index is -3.90. The van der Waals surface area contributed by atoms with Gasteiger partial charge in [0.05, 0.1) is 17.1 Å². The maximum Gasteiger partial charge on any atom is 0.253 e.